The summed E-state index contributed by atoms with van der Waals surface area (Å²) in [6.07, 6.45) is 0. The molecule has 0 spiro atoms. The van der Waals surface area contributed by atoms with E-state index in [0.29, 0.717) is 0 Å². The summed E-state index contributed by atoms with van der Waals surface area (Å²) in [5.41, 5.74) is 25.4. The second-order valence-corrected chi connectivity index (χ2v) is 29.1. The number of hydrogen-bond acceptors (Lipinski definition) is 6. The number of anilines is 12. The molecule has 0 atom stereocenters. The van der Waals surface area contributed by atoms with Gasteiger partial charge < -0.3 is 29.1 Å². The normalized spacial score (nSPS) is 13.9. The molecule has 442 valence electrons. The minimum absolute atomic E-state index is 0.00355. The number of ether oxygens (including phenoxy) is 2. The van der Waals surface area contributed by atoms with Crippen LogP contribution in [0.3, 0.4) is 0 Å². The molecule has 0 saturated carbocycles. The van der Waals surface area contributed by atoms with E-state index >= 15 is 0 Å². The number of hydrogen-bond donors (Lipinski definition) is 0. The van der Waals surface area contributed by atoms with Gasteiger partial charge in [0.25, 0.3) is 13.4 Å². The van der Waals surface area contributed by atoms with Crippen molar-refractivity contribution in [3.8, 4) is 23.0 Å². The molecule has 11 aromatic rings. The van der Waals surface area contributed by atoms with Crippen LogP contribution in [0.5, 0.6) is 23.0 Å². The summed E-state index contributed by atoms with van der Waals surface area (Å²) in [5, 5.41) is 0. The van der Waals surface area contributed by atoms with Crippen LogP contribution in [-0.4, -0.2) is 13.4 Å². The van der Waals surface area contributed by atoms with E-state index in [0.717, 1.165) is 91.2 Å². The molecule has 0 saturated heterocycles. The number of para-hydroxylation sites is 4. The Morgan fingerprint density at radius 1 is 0.233 bits per heavy atom. The minimum Gasteiger partial charge on any atom is -0.457 e. The number of nitrogens with zero attached hydrogens (tertiary/aromatic N) is 4. The molecule has 0 fully saturated rings. The second kappa shape index (κ2) is 21.0. The Labute approximate surface area is 533 Å². The molecule has 0 aliphatic carbocycles. The van der Waals surface area contributed by atoms with Gasteiger partial charge in [-0.2, -0.15) is 0 Å². The standard InChI is InChI=1S/C82H76B2N4O2/c1-79(2,3)53-31-39-59(40-32-53)87-71-52-72-68(51-67(71)83-65-27-19-21-29-69(65)85(57-23-15-13-16-24-57)73-47-63(49-75(87)77(73)83)89-61-43-35-55(36-44-61)81(7,8)9)84-66-28-20-22-30-70(66)86(58-25-17-14-18-26-58)74-48-64(90-62-45-37-56(38-46-62)82(10,11)12)50-76(78(74)84)88(72)60-41-33-54(34-42-60)80(4,5)6/h13-52H,1-12H3. The molecular weight excluding hydrogens is 1090 g/mol. The van der Waals surface area contributed by atoms with E-state index < -0.39 is 0 Å². The van der Waals surface area contributed by atoms with Crippen LogP contribution in [0, 0.1) is 0 Å². The van der Waals surface area contributed by atoms with Gasteiger partial charge in [-0.1, -0.05) is 210 Å². The lowest BCUT2D eigenvalue weighted by molar-refractivity contribution is 0.481. The molecule has 0 amide bonds. The summed E-state index contributed by atoms with van der Waals surface area (Å²) in [6.45, 7) is 27.0. The van der Waals surface area contributed by atoms with Crippen LogP contribution in [0.25, 0.3) is 0 Å². The van der Waals surface area contributed by atoms with E-state index in [-0.39, 0.29) is 35.1 Å². The Morgan fingerprint density at radius 2 is 0.511 bits per heavy atom. The lowest BCUT2D eigenvalue weighted by Crippen LogP contribution is -2.65. The van der Waals surface area contributed by atoms with Crippen LogP contribution in [0.4, 0.5) is 68.2 Å². The van der Waals surface area contributed by atoms with Crippen LogP contribution < -0.4 is 61.9 Å². The summed E-state index contributed by atoms with van der Waals surface area (Å²) in [7, 11) is 0. The van der Waals surface area contributed by atoms with Crippen LogP contribution in [-0.2, 0) is 21.7 Å². The monoisotopic (exact) mass is 1170 g/mol. The summed E-state index contributed by atoms with van der Waals surface area (Å²) in [4.78, 5) is 10.0. The zero-order valence-electron chi connectivity index (χ0n) is 53.9. The highest BCUT2D eigenvalue weighted by atomic mass is 16.5. The third kappa shape index (κ3) is 9.65. The van der Waals surface area contributed by atoms with Crippen molar-refractivity contribution >= 4 is 114 Å². The quantitative estimate of drug-likeness (QED) is 0.141. The molecule has 6 nitrogen and oxygen atoms in total. The summed E-state index contributed by atoms with van der Waals surface area (Å²) >= 11 is 0. The van der Waals surface area contributed by atoms with Crippen molar-refractivity contribution < 1.29 is 9.47 Å². The average molecular weight is 1170 g/mol. The number of fused-ring (bicyclic) bond motifs is 8. The largest absolute Gasteiger partial charge is 0.457 e. The third-order valence-electron chi connectivity index (χ3n) is 18.9. The Hall–Kier alpha value is -9.65. The van der Waals surface area contributed by atoms with Crippen molar-refractivity contribution in [2.45, 2.75) is 105 Å². The molecule has 0 aromatic heterocycles. The Kier molecular flexibility index (Phi) is 13.3. The smallest absolute Gasteiger partial charge is 0.252 e. The van der Waals surface area contributed by atoms with Gasteiger partial charge >= 0.3 is 0 Å². The van der Waals surface area contributed by atoms with Crippen molar-refractivity contribution in [1.82, 2.24) is 0 Å². The number of rotatable bonds is 8. The molecule has 11 aromatic carbocycles. The fraction of sp³-hybridized carbons (Fsp3) is 0.195. The van der Waals surface area contributed by atoms with Gasteiger partial charge in [-0.25, -0.2) is 0 Å². The Bertz CT molecular complexity index is 4290. The van der Waals surface area contributed by atoms with Gasteiger partial charge in [-0.15, -0.1) is 0 Å². The minimum atomic E-state index is -0.169. The molecule has 15 rings (SSSR count). The van der Waals surface area contributed by atoms with Gasteiger partial charge in [0.05, 0.1) is 0 Å². The zero-order valence-corrected chi connectivity index (χ0v) is 53.9. The van der Waals surface area contributed by atoms with Gasteiger partial charge in [-0.3, -0.25) is 0 Å². The zero-order chi connectivity index (χ0) is 62.2. The van der Waals surface area contributed by atoms with Gasteiger partial charge in [0.2, 0.25) is 0 Å². The van der Waals surface area contributed by atoms with Gasteiger partial charge in [0.1, 0.15) is 23.0 Å². The molecular formula is C82H76B2N4O2. The van der Waals surface area contributed by atoms with Crippen molar-refractivity contribution in [3.63, 3.8) is 0 Å². The molecule has 8 heteroatoms. The highest BCUT2D eigenvalue weighted by Crippen LogP contribution is 2.51. The van der Waals surface area contributed by atoms with E-state index in [4.69, 9.17) is 9.47 Å². The first-order valence-corrected chi connectivity index (χ1v) is 32.0. The summed E-state index contributed by atoms with van der Waals surface area (Å²) in [5.74, 6) is 3.09. The van der Waals surface area contributed by atoms with Crippen molar-refractivity contribution in [1.29, 1.82) is 0 Å². The Balaban J connectivity index is 1.04. The second-order valence-electron chi connectivity index (χ2n) is 29.1. The maximum Gasteiger partial charge on any atom is 0.252 e. The predicted molar refractivity (Wildman–Crippen MR) is 382 cm³/mol. The van der Waals surface area contributed by atoms with Crippen molar-refractivity contribution in [2.24, 2.45) is 0 Å². The fourth-order valence-corrected chi connectivity index (χ4v) is 14.3. The van der Waals surface area contributed by atoms with Crippen LogP contribution >= 0.6 is 0 Å². The predicted octanol–water partition coefficient (Wildman–Crippen LogP) is 18.6. The van der Waals surface area contributed by atoms with Crippen molar-refractivity contribution in [3.05, 3.63) is 265 Å². The lowest BCUT2D eigenvalue weighted by Gasteiger charge is -2.47. The molecule has 0 N–H and O–H groups in total. The number of benzene rings is 11. The van der Waals surface area contributed by atoms with E-state index in [1.165, 1.54) is 55.0 Å². The first kappa shape index (κ1) is 56.8. The summed E-state index contributed by atoms with van der Waals surface area (Å²) < 4.78 is 14.4. The SMILES string of the molecule is CC(C)(C)c1ccc(Oc2cc3c4c(c2)N(c2ccc(C(C)(C)C)cc2)c2cc5c(cc2B4c2ccccc2N3c2ccccc2)B2c3ccccc3N(c3ccccc3)c3cc(Oc4ccc(C(C)(C)C)cc4)cc(c32)N5c2ccc(C(C)(C)C)cc2)cc1. The van der Waals surface area contributed by atoms with E-state index in [9.17, 15) is 0 Å². The Morgan fingerprint density at radius 3 is 0.833 bits per heavy atom. The molecule has 4 aliphatic rings. The highest BCUT2D eigenvalue weighted by Gasteiger charge is 2.49. The van der Waals surface area contributed by atoms with Crippen LogP contribution in [0.15, 0.2) is 243 Å². The first-order valence-electron chi connectivity index (χ1n) is 32.0. The summed E-state index contributed by atoms with van der Waals surface area (Å²) in [6, 6.07) is 90.1. The topological polar surface area (TPSA) is 31.4 Å². The molecule has 4 heterocycles. The average Bonchev–Trinajstić information content (AvgIpc) is 0.710. The lowest BCUT2D eigenvalue weighted by atomic mass is 9.30. The maximum atomic E-state index is 7.18. The van der Waals surface area contributed by atoms with Gasteiger partial charge in [0.15, 0.2) is 0 Å². The highest BCUT2D eigenvalue weighted by molar-refractivity contribution is 7.03. The fourth-order valence-electron chi connectivity index (χ4n) is 14.3. The molecule has 0 radical (unpaired) electrons. The van der Waals surface area contributed by atoms with E-state index in [1.807, 2.05) is 0 Å². The molecule has 4 aliphatic heterocycles. The maximum absolute atomic E-state index is 7.18. The van der Waals surface area contributed by atoms with Crippen molar-refractivity contribution in [2.75, 3.05) is 19.6 Å². The molecule has 90 heavy (non-hydrogen) atoms. The van der Waals surface area contributed by atoms with E-state index in [1.54, 1.807) is 0 Å². The molecule has 0 unspecified atom stereocenters. The first-order chi connectivity index (χ1) is 43.2. The van der Waals surface area contributed by atoms with E-state index in [2.05, 4.69) is 345 Å². The molecule has 0 bridgehead atoms. The van der Waals surface area contributed by atoms with Crippen LogP contribution in [0.2, 0.25) is 0 Å². The third-order valence-corrected chi connectivity index (χ3v) is 18.9. The van der Waals surface area contributed by atoms with Crippen LogP contribution in [0.1, 0.15) is 105 Å². The van der Waals surface area contributed by atoms with Gasteiger partial charge in [0, 0.05) is 92.5 Å². The van der Waals surface area contributed by atoms with Gasteiger partial charge in [-0.05, 0) is 168 Å².